The highest BCUT2D eigenvalue weighted by molar-refractivity contribution is 7.26. The summed E-state index contributed by atoms with van der Waals surface area (Å²) in [6, 6.07) is 55.0. The molecular weight excluding hydrogens is 659 g/mol. The molecule has 0 spiro atoms. The van der Waals surface area contributed by atoms with Crippen molar-refractivity contribution in [2.24, 2.45) is 0 Å². The van der Waals surface area contributed by atoms with E-state index in [0.717, 1.165) is 43.9 Å². The van der Waals surface area contributed by atoms with Gasteiger partial charge in [-0.15, -0.1) is 22.7 Å². The van der Waals surface area contributed by atoms with Crippen molar-refractivity contribution in [3.05, 3.63) is 152 Å². The average molecular weight is 684 g/mol. The summed E-state index contributed by atoms with van der Waals surface area (Å²) in [5, 5.41) is 11.4. The zero-order valence-corrected chi connectivity index (χ0v) is 28.7. The van der Waals surface area contributed by atoms with Gasteiger partial charge in [0.05, 0.1) is 32.6 Å². The molecule has 0 saturated carbocycles. The highest BCUT2D eigenvalue weighted by Crippen LogP contribution is 2.47. The van der Waals surface area contributed by atoms with Gasteiger partial charge in [0.15, 0.2) is 5.82 Å². The highest BCUT2D eigenvalue weighted by Gasteiger charge is 2.23. The molecule has 4 heterocycles. The fourth-order valence-corrected chi connectivity index (χ4v) is 10.7. The Labute approximate surface area is 299 Å². The minimum absolute atomic E-state index is 0.743. The first-order chi connectivity index (χ1) is 25.3. The summed E-state index contributed by atoms with van der Waals surface area (Å²) >= 11 is 3.66. The van der Waals surface area contributed by atoms with Crippen molar-refractivity contribution in [1.29, 1.82) is 0 Å². The van der Waals surface area contributed by atoms with Gasteiger partial charge in [0.25, 0.3) is 0 Å². The molecule has 0 aliphatic heterocycles. The standard InChI is InChI=1S/C46H25N3S2/c1-2-10-28(11-3-1)43-45-44(32-16-6-7-17-36(32)51-45)48-46(47-43)31-22-25-33(30-15-5-4-14-29(30)31)49-34-23-20-26-12-8-18-37-39(26)41(34)42-35(49)24-21-27-13-9-19-38(50-37)40(27)42/h1-25H. The lowest BCUT2D eigenvalue weighted by atomic mass is 10.00. The number of fused-ring (bicyclic) bond motifs is 4. The zero-order chi connectivity index (χ0) is 33.2. The molecule has 4 aromatic heterocycles. The van der Waals surface area contributed by atoms with E-state index in [-0.39, 0.29) is 0 Å². The van der Waals surface area contributed by atoms with Crippen molar-refractivity contribution in [3.63, 3.8) is 0 Å². The third-order valence-corrected chi connectivity index (χ3v) is 12.9. The van der Waals surface area contributed by atoms with Crippen LogP contribution in [-0.2, 0) is 0 Å². The lowest BCUT2D eigenvalue weighted by Crippen LogP contribution is -1.98. The normalized spacial score (nSPS) is 12.3. The summed E-state index contributed by atoms with van der Waals surface area (Å²) in [5.74, 6) is 0.743. The Balaban J connectivity index is 1.19. The second kappa shape index (κ2) is 10.2. The van der Waals surface area contributed by atoms with Gasteiger partial charge < -0.3 is 4.57 Å². The number of thiophene rings is 1. The average Bonchev–Trinajstić information content (AvgIpc) is 3.68. The summed E-state index contributed by atoms with van der Waals surface area (Å²) in [4.78, 5) is 10.7. The summed E-state index contributed by atoms with van der Waals surface area (Å²) in [7, 11) is 0. The van der Waals surface area contributed by atoms with Crippen molar-refractivity contribution in [2.45, 2.75) is 0 Å². The highest BCUT2D eigenvalue weighted by atomic mass is 32.1. The van der Waals surface area contributed by atoms with E-state index < -0.39 is 0 Å². The van der Waals surface area contributed by atoms with Gasteiger partial charge in [0, 0.05) is 57.5 Å². The van der Waals surface area contributed by atoms with Gasteiger partial charge >= 0.3 is 0 Å². The molecule has 0 aliphatic rings. The Morgan fingerprint density at radius 3 is 1.78 bits per heavy atom. The number of hydrogen-bond acceptors (Lipinski definition) is 4. The van der Waals surface area contributed by atoms with E-state index >= 15 is 0 Å². The van der Waals surface area contributed by atoms with Gasteiger partial charge in [-0.05, 0) is 58.6 Å². The number of benzene rings is 8. The molecule has 0 aliphatic carbocycles. The summed E-state index contributed by atoms with van der Waals surface area (Å²) in [6.45, 7) is 0. The van der Waals surface area contributed by atoms with Crippen molar-refractivity contribution in [1.82, 2.24) is 14.5 Å². The van der Waals surface area contributed by atoms with Gasteiger partial charge in [0.2, 0.25) is 0 Å². The minimum atomic E-state index is 0.743. The molecule has 0 amide bonds. The maximum absolute atomic E-state index is 5.35. The number of aromatic nitrogens is 3. The van der Waals surface area contributed by atoms with Crippen LogP contribution in [0.1, 0.15) is 0 Å². The van der Waals surface area contributed by atoms with Crippen LogP contribution in [0.4, 0.5) is 0 Å². The second-order valence-electron chi connectivity index (χ2n) is 13.3. The van der Waals surface area contributed by atoms with E-state index in [2.05, 4.69) is 156 Å². The van der Waals surface area contributed by atoms with Crippen LogP contribution < -0.4 is 0 Å². The Morgan fingerprint density at radius 1 is 0.431 bits per heavy atom. The van der Waals surface area contributed by atoms with Gasteiger partial charge in [-0.2, -0.15) is 0 Å². The molecule has 0 atom stereocenters. The second-order valence-corrected chi connectivity index (χ2v) is 15.4. The fraction of sp³-hybridized carbons (Fsp3) is 0. The maximum atomic E-state index is 5.35. The lowest BCUT2D eigenvalue weighted by molar-refractivity contribution is 1.20. The number of hydrogen-bond donors (Lipinski definition) is 0. The van der Waals surface area contributed by atoms with Crippen LogP contribution in [0.5, 0.6) is 0 Å². The quantitative estimate of drug-likeness (QED) is 0.186. The number of rotatable bonds is 3. The van der Waals surface area contributed by atoms with Crippen molar-refractivity contribution >= 4 is 106 Å². The Kier molecular flexibility index (Phi) is 5.53. The van der Waals surface area contributed by atoms with Crippen molar-refractivity contribution in [2.75, 3.05) is 0 Å². The van der Waals surface area contributed by atoms with Crippen LogP contribution >= 0.6 is 22.7 Å². The zero-order valence-electron chi connectivity index (χ0n) is 27.1. The van der Waals surface area contributed by atoms with E-state index in [1.165, 1.54) is 68.2 Å². The fourth-order valence-electron chi connectivity index (χ4n) is 8.40. The first-order valence-electron chi connectivity index (χ1n) is 17.2. The van der Waals surface area contributed by atoms with Gasteiger partial charge in [0.1, 0.15) is 0 Å². The van der Waals surface area contributed by atoms with E-state index in [1.807, 2.05) is 11.3 Å². The predicted molar refractivity (Wildman–Crippen MR) is 219 cm³/mol. The largest absolute Gasteiger partial charge is 0.309 e. The molecule has 0 saturated heterocycles. The van der Waals surface area contributed by atoms with Crippen molar-refractivity contribution in [3.8, 4) is 28.3 Å². The van der Waals surface area contributed by atoms with E-state index in [0.29, 0.717) is 0 Å². The first kappa shape index (κ1) is 27.7. The molecule has 0 N–H and O–H groups in total. The van der Waals surface area contributed by atoms with Crippen molar-refractivity contribution < 1.29 is 0 Å². The molecule has 12 rings (SSSR count). The molecule has 0 radical (unpaired) electrons. The Hall–Kier alpha value is -6.14. The Morgan fingerprint density at radius 2 is 1.06 bits per heavy atom. The molecule has 3 nitrogen and oxygen atoms in total. The van der Waals surface area contributed by atoms with Gasteiger partial charge in [-0.3, -0.25) is 0 Å². The van der Waals surface area contributed by atoms with Crippen LogP contribution in [0.3, 0.4) is 0 Å². The van der Waals surface area contributed by atoms with Crippen LogP contribution in [0, 0.1) is 0 Å². The molecule has 0 fully saturated rings. The molecule has 51 heavy (non-hydrogen) atoms. The Bertz CT molecular complexity index is 3260. The molecule has 8 aromatic carbocycles. The first-order valence-corrected chi connectivity index (χ1v) is 18.8. The maximum Gasteiger partial charge on any atom is 0.161 e. The molecule has 0 unspecified atom stereocenters. The topological polar surface area (TPSA) is 30.7 Å². The van der Waals surface area contributed by atoms with E-state index in [9.17, 15) is 0 Å². The summed E-state index contributed by atoms with van der Waals surface area (Å²) in [6.07, 6.45) is 0. The predicted octanol–water partition coefficient (Wildman–Crippen LogP) is 13.4. The molecular formula is C46H25N3S2. The third kappa shape index (κ3) is 3.77. The summed E-state index contributed by atoms with van der Waals surface area (Å²) in [5.41, 5.74) is 7.71. The monoisotopic (exact) mass is 683 g/mol. The summed E-state index contributed by atoms with van der Waals surface area (Å²) < 4.78 is 7.45. The third-order valence-electron chi connectivity index (χ3n) is 10.6. The van der Waals surface area contributed by atoms with E-state index in [4.69, 9.17) is 9.97 Å². The molecule has 236 valence electrons. The van der Waals surface area contributed by atoms with Gasteiger partial charge in [-0.1, -0.05) is 109 Å². The van der Waals surface area contributed by atoms with Gasteiger partial charge in [-0.25, -0.2) is 9.97 Å². The molecule has 0 bridgehead atoms. The van der Waals surface area contributed by atoms with Crippen LogP contribution in [0.15, 0.2) is 152 Å². The van der Waals surface area contributed by atoms with E-state index in [1.54, 1.807) is 11.3 Å². The van der Waals surface area contributed by atoms with Crippen LogP contribution in [-0.4, -0.2) is 14.5 Å². The van der Waals surface area contributed by atoms with Crippen LogP contribution in [0.25, 0.3) is 112 Å². The minimum Gasteiger partial charge on any atom is -0.309 e. The van der Waals surface area contributed by atoms with Crippen LogP contribution in [0.2, 0.25) is 0 Å². The molecule has 5 heteroatoms. The SMILES string of the molecule is c1ccc(-c2nc(-c3ccc(-n4c5ccc6cccc7sc8cccc9ccc4c(c98)c5c67)c4ccccc34)nc3c2sc2ccccc23)cc1. The molecule has 12 aromatic rings. The number of nitrogens with zero attached hydrogens (tertiary/aromatic N) is 3. The smallest absolute Gasteiger partial charge is 0.161 e. The lowest BCUT2D eigenvalue weighted by Gasteiger charge is -2.15.